The van der Waals surface area contributed by atoms with Crippen molar-refractivity contribution in [2.45, 2.75) is 12.2 Å². The third-order valence-corrected chi connectivity index (χ3v) is 2.81. The number of hydrogen-bond acceptors (Lipinski definition) is 2. The van der Waals surface area contributed by atoms with Gasteiger partial charge in [-0.15, -0.1) is 0 Å². The fourth-order valence-corrected chi connectivity index (χ4v) is 1.74. The quantitative estimate of drug-likeness (QED) is 0.925. The zero-order valence-corrected chi connectivity index (χ0v) is 10.6. The van der Waals surface area contributed by atoms with Crippen molar-refractivity contribution in [3.63, 3.8) is 0 Å². The van der Waals surface area contributed by atoms with Crippen LogP contribution in [0.25, 0.3) is 0 Å². The minimum absolute atomic E-state index is 0.116. The monoisotopic (exact) mass is 281 g/mol. The molecule has 0 amide bonds. The smallest absolute Gasteiger partial charge is 0.416 e. The van der Waals surface area contributed by atoms with Crippen LogP contribution in [0, 0.1) is 0 Å². The van der Waals surface area contributed by atoms with E-state index in [2.05, 4.69) is 0 Å². The minimum Gasteiger partial charge on any atom is -0.492 e. The lowest BCUT2D eigenvalue weighted by molar-refractivity contribution is -0.137. The maximum atomic E-state index is 12.6. The number of halogens is 3. The van der Waals surface area contributed by atoms with Crippen LogP contribution in [0.15, 0.2) is 54.6 Å². The molecular weight excluding hydrogens is 267 g/mol. The van der Waals surface area contributed by atoms with Gasteiger partial charge in [-0.3, -0.25) is 0 Å². The van der Waals surface area contributed by atoms with Crippen LogP contribution in [0.4, 0.5) is 13.2 Å². The Bertz CT molecular complexity index is 555. The molecule has 2 aromatic carbocycles. The number of alkyl halides is 3. The summed E-state index contributed by atoms with van der Waals surface area (Å²) in [7, 11) is 0. The number of para-hydroxylation sites is 1. The van der Waals surface area contributed by atoms with Gasteiger partial charge in [0, 0.05) is 0 Å². The van der Waals surface area contributed by atoms with Crippen LogP contribution >= 0.6 is 0 Å². The topological polar surface area (TPSA) is 35.2 Å². The SMILES string of the molecule is NC(COc1ccccc1)c1cccc(C(F)(F)F)c1. The Hall–Kier alpha value is -2.01. The first-order chi connectivity index (χ1) is 9.47. The van der Waals surface area contributed by atoms with E-state index in [9.17, 15) is 13.2 Å². The van der Waals surface area contributed by atoms with E-state index in [4.69, 9.17) is 10.5 Å². The Balaban J connectivity index is 2.04. The van der Waals surface area contributed by atoms with Gasteiger partial charge in [0.1, 0.15) is 12.4 Å². The van der Waals surface area contributed by atoms with Crippen molar-refractivity contribution in [1.29, 1.82) is 0 Å². The fraction of sp³-hybridized carbons (Fsp3) is 0.200. The summed E-state index contributed by atoms with van der Waals surface area (Å²) in [5.74, 6) is 0.634. The predicted molar refractivity (Wildman–Crippen MR) is 70.3 cm³/mol. The van der Waals surface area contributed by atoms with Gasteiger partial charge in [-0.2, -0.15) is 13.2 Å². The van der Waals surface area contributed by atoms with Crippen LogP contribution in [0.2, 0.25) is 0 Å². The Morgan fingerprint density at radius 3 is 2.35 bits per heavy atom. The summed E-state index contributed by atoms with van der Waals surface area (Å²) in [5.41, 5.74) is 5.56. The van der Waals surface area contributed by atoms with Crippen molar-refractivity contribution >= 4 is 0 Å². The molecule has 2 rings (SSSR count). The molecule has 20 heavy (non-hydrogen) atoms. The van der Waals surface area contributed by atoms with E-state index in [0.29, 0.717) is 11.3 Å². The summed E-state index contributed by atoms with van der Waals surface area (Å²) in [6.45, 7) is 0.116. The third-order valence-electron chi connectivity index (χ3n) is 2.81. The van der Waals surface area contributed by atoms with Crippen molar-refractivity contribution in [3.05, 3.63) is 65.7 Å². The molecule has 0 aliphatic heterocycles. The molecule has 1 atom stereocenters. The van der Waals surface area contributed by atoms with Crippen LogP contribution in [-0.4, -0.2) is 6.61 Å². The average molecular weight is 281 g/mol. The number of nitrogens with two attached hydrogens (primary N) is 1. The van der Waals surface area contributed by atoms with Crippen molar-refractivity contribution in [2.75, 3.05) is 6.61 Å². The predicted octanol–water partition coefficient (Wildman–Crippen LogP) is 3.78. The van der Waals surface area contributed by atoms with Gasteiger partial charge in [-0.25, -0.2) is 0 Å². The van der Waals surface area contributed by atoms with Crippen LogP contribution in [0.5, 0.6) is 5.75 Å². The highest BCUT2D eigenvalue weighted by Gasteiger charge is 2.30. The normalized spacial score (nSPS) is 13.0. The van der Waals surface area contributed by atoms with E-state index >= 15 is 0 Å². The van der Waals surface area contributed by atoms with Gasteiger partial charge in [0.15, 0.2) is 0 Å². The van der Waals surface area contributed by atoms with Crippen molar-refractivity contribution in [3.8, 4) is 5.75 Å². The molecule has 0 aliphatic carbocycles. The lowest BCUT2D eigenvalue weighted by atomic mass is 10.0. The van der Waals surface area contributed by atoms with Crippen LogP contribution in [0.3, 0.4) is 0 Å². The summed E-state index contributed by atoms with van der Waals surface area (Å²) in [6.07, 6.45) is -4.37. The average Bonchev–Trinajstić information content (AvgIpc) is 2.45. The number of hydrogen-bond donors (Lipinski definition) is 1. The molecule has 0 aliphatic rings. The highest BCUT2D eigenvalue weighted by Crippen LogP contribution is 2.30. The van der Waals surface area contributed by atoms with Gasteiger partial charge in [0.25, 0.3) is 0 Å². The van der Waals surface area contributed by atoms with Crippen LogP contribution in [-0.2, 0) is 6.18 Å². The molecule has 2 N–H and O–H groups in total. The highest BCUT2D eigenvalue weighted by molar-refractivity contribution is 5.28. The van der Waals surface area contributed by atoms with Gasteiger partial charge in [-0.05, 0) is 29.8 Å². The fourth-order valence-electron chi connectivity index (χ4n) is 1.74. The van der Waals surface area contributed by atoms with Gasteiger partial charge < -0.3 is 10.5 Å². The second-order valence-corrected chi connectivity index (χ2v) is 4.35. The lowest BCUT2D eigenvalue weighted by Crippen LogP contribution is -2.19. The van der Waals surface area contributed by atoms with E-state index < -0.39 is 17.8 Å². The molecule has 2 nitrogen and oxygen atoms in total. The Labute approximate surface area is 115 Å². The molecule has 0 radical (unpaired) electrons. The Kier molecular flexibility index (Phi) is 4.29. The van der Waals surface area contributed by atoms with Gasteiger partial charge in [0.2, 0.25) is 0 Å². The molecule has 0 bridgehead atoms. The molecular formula is C15H14F3NO. The van der Waals surface area contributed by atoms with E-state index in [0.717, 1.165) is 12.1 Å². The lowest BCUT2D eigenvalue weighted by Gasteiger charge is -2.15. The highest BCUT2D eigenvalue weighted by atomic mass is 19.4. The Morgan fingerprint density at radius 2 is 1.70 bits per heavy atom. The van der Waals surface area contributed by atoms with Gasteiger partial charge in [-0.1, -0.05) is 30.3 Å². The molecule has 1 unspecified atom stereocenters. The summed E-state index contributed by atoms with van der Waals surface area (Å²) in [6, 6.07) is 13.4. The Morgan fingerprint density at radius 1 is 1.00 bits per heavy atom. The first-order valence-electron chi connectivity index (χ1n) is 6.07. The van der Waals surface area contributed by atoms with Crippen LogP contribution in [0.1, 0.15) is 17.2 Å². The van der Waals surface area contributed by atoms with Crippen molar-refractivity contribution in [1.82, 2.24) is 0 Å². The zero-order valence-electron chi connectivity index (χ0n) is 10.6. The molecule has 2 aromatic rings. The maximum absolute atomic E-state index is 12.6. The summed E-state index contributed by atoms with van der Waals surface area (Å²) in [5, 5.41) is 0. The van der Waals surface area contributed by atoms with Gasteiger partial charge in [0.05, 0.1) is 11.6 Å². The zero-order chi connectivity index (χ0) is 14.6. The van der Waals surface area contributed by atoms with E-state index in [1.54, 1.807) is 18.2 Å². The summed E-state index contributed by atoms with van der Waals surface area (Å²) < 4.78 is 43.3. The summed E-state index contributed by atoms with van der Waals surface area (Å²) in [4.78, 5) is 0. The first-order valence-corrected chi connectivity index (χ1v) is 6.07. The molecule has 0 saturated heterocycles. The number of rotatable bonds is 4. The first kappa shape index (κ1) is 14.4. The molecule has 0 fully saturated rings. The van der Waals surface area contributed by atoms with Crippen LogP contribution < -0.4 is 10.5 Å². The second-order valence-electron chi connectivity index (χ2n) is 4.35. The number of benzene rings is 2. The molecule has 106 valence electrons. The largest absolute Gasteiger partial charge is 0.492 e. The van der Waals surface area contributed by atoms with Crippen molar-refractivity contribution in [2.24, 2.45) is 5.73 Å². The van der Waals surface area contributed by atoms with Crippen molar-refractivity contribution < 1.29 is 17.9 Å². The molecule has 5 heteroatoms. The van der Waals surface area contributed by atoms with Gasteiger partial charge >= 0.3 is 6.18 Å². The second kappa shape index (κ2) is 5.96. The van der Waals surface area contributed by atoms with E-state index in [-0.39, 0.29) is 6.61 Å². The number of ether oxygens (including phenoxy) is 1. The maximum Gasteiger partial charge on any atom is 0.416 e. The molecule has 0 saturated carbocycles. The molecule has 0 spiro atoms. The van der Waals surface area contributed by atoms with E-state index in [1.165, 1.54) is 6.07 Å². The third kappa shape index (κ3) is 3.74. The molecule has 0 heterocycles. The summed E-state index contributed by atoms with van der Waals surface area (Å²) >= 11 is 0. The standard InChI is InChI=1S/C15H14F3NO/c16-15(17,18)12-6-4-5-11(9-12)14(19)10-20-13-7-2-1-3-8-13/h1-9,14H,10,19H2. The molecule has 0 aromatic heterocycles. The van der Waals surface area contributed by atoms with E-state index in [1.807, 2.05) is 18.2 Å². The minimum atomic E-state index is -4.37.